The Morgan fingerprint density at radius 3 is 1.70 bits per heavy atom. The fourth-order valence-electron chi connectivity index (χ4n) is 10.2. The fourth-order valence-corrected chi connectivity index (χ4v) is 22.0. The summed E-state index contributed by atoms with van der Waals surface area (Å²) in [4.78, 5) is 0.0224. The first kappa shape index (κ1) is 50.3. The number of rotatable bonds is 17. The number of hydrogen-bond acceptors (Lipinski definition) is 9. The van der Waals surface area contributed by atoms with Crippen molar-refractivity contribution in [3.63, 3.8) is 0 Å². The van der Waals surface area contributed by atoms with Crippen molar-refractivity contribution >= 4 is 45.4 Å². The van der Waals surface area contributed by atoms with Gasteiger partial charge in [0.2, 0.25) is 0 Å². The minimum absolute atomic E-state index is 0.0224. The molecule has 1 heterocycles. The van der Waals surface area contributed by atoms with Gasteiger partial charge in [-0.25, -0.2) is 0 Å². The van der Waals surface area contributed by atoms with E-state index < -0.39 is 70.1 Å². The normalized spacial score (nSPS) is 21.8. The number of hydrogen-bond donors (Lipinski definition) is 1. The van der Waals surface area contributed by atoms with Crippen molar-refractivity contribution < 1.29 is 40.5 Å². The van der Waals surface area contributed by atoms with E-state index in [1.165, 1.54) is 0 Å². The summed E-state index contributed by atoms with van der Waals surface area (Å²) in [5.74, 6) is 1.04. The summed E-state index contributed by atoms with van der Waals surface area (Å²) in [5.41, 5.74) is -0.383. The van der Waals surface area contributed by atoms with Crippen LogP contribution in [0.1, 0.15) is 112 Å². The number of aliphatic hydroxyl groups excluding tert-OH is 1. The van der Waals surface area contributed by atoms with E-state index in [0.29, 0.717) is 22.6 Å². The second-order valence-corrected chi connectivity index (χ2v) is 37.6. The number of epoxide rings is 1. The zero-order valence-electron chi connectivity index (χ0n) is 41.2. The van der Waals surface area contributed by atoms with Crippen LogP contribution in [0, 0.1) is 6.92 Å². The standard InChI is InChI=1S/C51H74O9SSi3/c1-35(2)63(36(3)4,37(5)6)58-44-32-39(55-14)31-43-45(44)46(52)50(34-57-62(15,16)48(8,9)10)51(60-50,33-56-61(53,54)40-29-27-38(7)28-30-40)47(43)59-64(49(11,12)13,41-23-19-17-20-24-41)42-25-21-18-22-26-42/h17-32,35-37,46-47,52H,33-34H2,1-16H3/t46-,47-,50-,51+/m1/s1. The Balaban J connectivity index is 1.72. The number of ether oxygens (including phenoxy) is 2. The van der Waals surface area contributed by atoms with Gasteiger partial charge in [0.05, 0.1) is 18.6 Å². The van der Waals surface area contributed by atoms with Gasteiger partial charge in [-0.05, 0) is 80.9 Å². The van der Waals surface area contributed by atoms with Crippen LogP contribution in [0.3, 0.4) is 0 Å². The van der Waals surface area contributed by atoms with Crippen molar-refractivity contribution in [2.24, 2.45) is 0 Å². The minimum atomic E-state index is -4.33. The fraction of sp³-hybridized carbons (Fsp3) is 0.529. The van der Waals surface area contributed by atoms with E-state index in [1.54, 1.807) is 31.4 Å². The molecule has 350 valence electrons. The Bertz CT molecular complexity index is 2300. The van der Waals surface area contributed by atoms with E-state index in [-0.39, 0.29) is 33.2 Å². The first-order valence-corrected chi connectivity index (χ1v) is 31.2. The Morgan fingerprint density at radius 1 is 0.734 bits per heavy atom. The van der Waals surface area contributed by atoms with Gasteiger partial charge in [0.15, 0.2) is 19.5 Å². The van der Waals surface area contributed by atoms with E-state index in [0.717, 1.165) is 15.9 Å². The zero-order chi connectivity index (χ0) is 47.5. The summed E-state index contributed by atoms with van der Waals surface area (Å²) in [6.45, 7) is 32.3. The molecule has 4 aromatic rings. The molecule has 64 heavy (non-hydrogen) atoms. The Morgan fingerprint density at radius 2 is 1.25 bits per heavy atom. The molecule has 13 heteroatoms. The predicted octanol–water partition coefficient (Wildman–Crippen LogP) is 11.2. The molecule has 9 nitrogen and oxygen atoms in total. The molecule has 0 amide bonds. The summed E-state index contributed by atoms with van der Waals surface area (Å²) in [6.07, 6.45) is -2.35. The predicted molar refractivity (Wildman–Crippen MR) is 265 cm³/mol. The summed E-state index contributed by atoms with van der Waals surface area (Å²) < 4.78 is 70.9. The average Bonchev–Trinajstić information content (AvgIpc) is 3.91. The molecule has 1 N–H and O–H groups in total. The van der Waals surface area contributed by atoms with E-state index >= 15 is 0 Å². The van der Waals surface area contributed by atoms with Crippen LogP contribution in [0.15, 0.2) is 102 Å². The molecule has 0 bridgehead atoms. The number of methoxy groups -OCH3 is 1. The van der Waals surface area contributed by atoms with Crippen LogP contribution in [-0.2, 0) is 27.9 Å². The van der Waals surface area contributed by atoms with Crippen molar-refractivity contribution in [3.8, 4) is 11.5 Å². The van der Waals surface area contributed by atoms with Gasteiger partial charge >= 0.3 is 0 Å². The molecule has 0 saturated carbocycles. The van der Waals surface area contributed by atoms with E-state index in [4.69, 9.17) is 26.9 Å². The molecule has 0 radical (unpaired) electrons. The molecule has 1 aliphatic carbocycles. The van der Waals surface area contributed by atoms with Crippen LogP contribution < -0.4 is 19.5 Å². The van der Waals surface area contributed by atoms with Gasteiger partial charge < -0.3 is 27.9 Å². The number of fused-ring (bicyclic) bond motifs is 2. The SMILES string of the molecule is COc1cc(O[Si](C(C)C)(C(C)C)C(C)C)c2c(c1)[C@@H](O[Si](c1ccccc1)(c1ccccc1)C(C)(C)C)[C@]1(COS(=O)(=O)c3ccc(C)cc3)O[C@]1(CO[Si](C)(C)C(C)(C)C)[C@@H]2O. The molecule has 1 fully saturated rings. The molecule has 0 aromatic heterocycles. The highest BCUT2D eigenvalue weighted by Crippen LogP contribution is 2.69. The smallest absolute Gasteiger partial charge is 0.297 e. The molecule has 1 saturated heterocycles. The third kappa shape index (κ3) is 8.55. The van der Waals surface area contributed by atoms with Gasteiger partial charge in [-0.2, -0.15) is 8.42 Å². The van der Waals surface area contributed by atoms with Crippen LogP contribution in [0.5, 0.6) is 11.5 Å². The number of aryl methyl sites for hydroxylation is 1. The highest BCUT2D eigenvalue weighted by molar-refractivity contribution is 7.86. The molecule has 4 aromatic carbocycles. The lowest BCUT2D eigenvalue weighted by Gasteiger charge is -2.49. The summed E-state index contributed by atoms with van der Waals surface area (Å²) in [5, 5.41) is 14.8. The van der Waals surface area contributed by atoms with Gasteiger partial charge in [0, 0.05) is 11.6 Å². The van der Waals surface area contributed by atoms with Gasteiger partial charge in [0.1, 0.15) is 30.3 Å². The second kappa shape index (κ2) is 17.8. The van der Waals surface area contributed by atoms with Crippen LogP contribution in [0.2, 0.25) is 39.8 Å². The summed E-state index contributed by atoms with van der Waals surface area (Å²) >= 11 is 0. The molecule has 4 atom stereocenters. The Hall–Kier alpha value is -3.12. The Kier molecular flexibility index (Phi) is 14.0. The molecular weight excluding hydrogens is 873 g/mol. The molecule has 2 aliphatic rings. The molecular formula is C51H74O9SSi3. The van der Waals surface area contributed by atoms with Crippen LogP contribution in [-0.4, -0.2) is 70.0 Å². The van der Waals surface area contributed by atoms with Crippen molar-refractivity contribution in [2.75, 3.05) is 20.3 Å². The Labute approximate surface area is 387 Å². The average molecular weight is 947 g/mol. The van der Waals surface area contributed by atoms with E-state index in [1.807, 2.05) is 55.5 Å². The van der Waals surface area contributed by atoms with Crippen molar-refractivity contribution in [1.82, 2.24) is 0 Å². The largest absolute Gasteiger partial charge is 0.542 e. The number of aliphatic hydroxyl groups is 1. The van der Waals surface area contributed by atoms with Crippen LogP contribution in [0.25, 0.3) is 0 Å². The first-order chi connectivity index (χ1) is 29.7. The first-order valence-electron chi connectivity index (χ1n) is 22.9. The maximum absolute atomic E-state index is 14.3. The van der Waals surface area contributed by atoms with Gasteiger partial charge in [0.25, 0.3) is 26.8 Å². The minimum Gasteiger partial charge on any atom is -0.542 e. The molecule has 6 rings (SSSR count). The van der Waals surface area contributed by atoms with E-state index in [9.17, 15) is 13.5 Å². The topological polar surface area (TPSA) is 113 Å². The van der Waals surface area contributed by atoms with Crippen molar-refractivity contribution in [3.05, 3.63) is 114 Å². The zero-order valence-corrected chi connectivity index (χ0v) is 45.0. The van der Waals surface area contributed by atoms with Gasteiger partial charge in [-0.15, -0.1) is 0 Å². The van der Waals surface area contributed by atoms with E-state index in [2.05, 4.69) is 120 Å². The maximum Gasteiger partial charge on any atom is 0.297 e. The molecule has 0 spiro atoms. The third-order valence-electron chi connectivity index (χ3n) is 14.7. The summed E-state index contributed by atoms with van der Waals surface area (Å²) in [7, 11) is -11.4. The lowest BCUT2D eigenvalue weighted by Crippen LogP contribution is -2.68. The van der Waals surface area contributed by atoms with Crippen LogP contribution >= 0.6 is 0 Å². The lowest BCUT2D eigenvalue weighted by molar-refractivity contribution is 0.0199. The van der Waals surface area contributed by atoms with Gasteiger partial charge in [-0.1, -0.05) is 161 Å². The highest BCUT2D eigenvalue weighted by Gasteiger charge is 2.82. The van der Waals surface area contributed by atoms with Crippen molar-refractivity contribution in [1.29, 1.82) is 0 Å². The maximum atomic E-state index is 14.3. The molecule has 0 unspecified atom stereocenters. The summed E-state index contributed by atoms with van der Waals surface area (Å²) in [6, 6.07) is 31.1. The monoisotopic (exact) mass is 946 g/mol. The van der Waals surface area contributed by atoms with Gasteiger partial charge in [-0.3, -0.25) is 4.18 Å². The number of benzene rings is 4. The molecule has 1 aliphatic heterocycles. The van der Waals surface area contributed by atoms with Crippen LogP contribution in [0.4, 0.5) is 0 Å². The highest BCUT2D eigenvalue weighted by atomic mass is 32.2. The third-order valence-corrected chi connectivity index (χ3v) is 31.5. The quantitative estimate of drug-likeness (QED) is 0.0628. The second-order valence-electron chi connectivity index (χ2n) is 21.6. The van der Waals surface area contributed by atoms with Crippen molar-refractivity contribution in [2.45, 2.75) is 158 Å². The lowest BCUT2D eigenvalue weighted by atomic mass is 9.72.